The van der Waals surface area contributed by atoms with Gasteiger partial charge in [-0.3, -0.25) is 0 Å². The molecule has 1 aliphatic carbocycles. The van der Waals surface area contributed by atoms with Gasteiger partial charge in [-0.25, -0.2) is 0 Å². The molecule has 2 unspecified atom stereocenters. The molecule has 0 spiro atoms. The summed E-state index contributed by atoms with van der Waals surface area (Å²) in [4.78, 5) is 10.5. The maximum Gasteiger partial charge on any atom is 0.123 e. The van der Waals surface area contributed by atoms with Gasteiger partial charge in [-0.05, 0) is 19.3 Å². The molecule has 0 bridgehead atoms. The molecular formula is C10H18OS. The summed E-state index contributed by atoms with van der Waals surface area (Å²) in [6, 6.07) is 0. The van der Waals surface area contributed by atoms with Gasteiger partial charge in [-0.1, -0.05) is 20.8 Å². The van der Waals surface area contributed by atoms with Gasteiger partial charge < -0.3 is 4.79 Å². The van der Waals surface area contributed by atoms with Crippen LogP contribution in [0.1, 0.15) is 40.0 Å². The van der Waals surface area contributed by atoms with Gasteiger partial charge in [-0.15, -0.1) is 0 Å². The van der Waals surface area contributed by atoms with E-state index in [9.17, 15) is 4.79 Å². The average molecular weight is 186 g/mol. The Labute approximate surface area is 79.3 Å². The lowest BCUT2D eigenvalue weighted by Crippen LogP contribution is -2.13. The van der Waals surface area contributed by atoms with Crippen LogP contribution < -0.4 is 0 Å². The first kappa shape index (κ1) is 10.1. The highest BCUT2D eigenvalue weighted by Gasteiger charge is 2.27. The monoisotopic (exact) mass is 186 g/mol. The summed E-state index contributed by atoms with van der Waals surface area (Å²) in [5.41, 5.74) is 0. The molecule has 70 valence electrons. The third-order valence-corrected chi connectivity index (χ3v) is 3.61. The Kier molecular flexibility index (Phi) is 3.22. The molecule has 0 aromatic carbocycles. The Hall–Kier alpha value is 0.0200. The molecule has 1 fully saturated rings. The van der Waals surface area contributed by atoms with E-state index >= 15 is 0 Å². The highest BCUT2D eigenvalue weighted by atomic mass is 32.2. The number of carbonyl (C=O) groups is 1. The van der Waals surface area contributed by atoms with E-state index in [4.69, 9.17) is 0 Å². The Morgan fingerprint density at radius 3 is 2.42 bits per heavy atom. The lowest BCUT2D eigenvalue weighted by Gasteiger charge is -2.22. The Morgan fingerprint density at radius 2 is 2.00 bits per heavy atom. The van der Waals surface area contributed by atoms with Crippen LogP contribution in [0.3, 0.4) is 0 Å². The summed E-state index contributed by atoms with van der Waals surface area (Å²) in [6.45, 7) is 6.73. The number of aldehydes is 1. The quantitative estimate of drug-likeness (QED) is 0.617. The van der Waals surface area contributed by atoms with Crippen LogP contribution in [0, 0.1) is 5.92 Å². The van der Waals surface area contributed by atoms with Crippen LogP contribution in [0.5, 0.6) is 0 Å². The maximum absolute atomic E-state index is 10.5. The molecule has 12 heavy (non-hydrogen) atoms. The van der Waals surface area contributed by atoms with Gasteiger partial charge in [0.15, 0.2) is 0 Å². The fourth-order valence-electron chi connectivity index (χ4n) is 1.70. The molecule has 0 saturated heterocycles. The van der Waals surface area contributed by atoms with Crippen LogP contribution in [0.2, 0.25) is 0 Å². The van der Waals surface area contributed by atoms with E-state index in [0.717, 1.165) is 24.4 Å². The van der Waals surface area contributed by atoms with Crippen LogP contribution in [0.15, 0.2) is 0 Å². The summed E-state index contributed by atoms with van der Waals surface area (Å²) in [7, 11) is 0. The molecule has 0 heterocycles. The largest absolute Gasteiger partial charge is 0.303 e. The summed E-state index contributed by atoms with van der Waals surface area (Å²) >= 11 is 2.02. The van der Waals surface area contributed by atoms with Gasteiger partial charge in [0, 0.05) is 15.9 Å². The first-order chi connectivity index (χ1) is 5.51. The number of hydrogen-bond acceptors (Lipinski definition) is 2. The van der Waals surface area contributed by atoms with Crippen LogP contribution in [-0.4, -0.2) is 16.3 Å². The molecular weight excluding hydrogens is 168 g/mol. The van der Waals surface area contributed by atoms with Crippen molar-refractivity contribution in [2.24, 2.45) is 5.92 Å². The first-order valence-electron chi connectivity index (χ1n) is 4.64. The van der Waals surface area contributed by atoms with Crippen molar-refractivity contribution in [3.05, 3.63) is 0 Å². The van der Waals surface area contributed by atoms with E-state index in [1.165, 1.54) is 6.42 Å². The van der Waals surface area contributed by atoms with Crippen LogP contribution in [0.4, 0.5) is 0 Å². The van der Waals surface area contributed by atoms with E-state index in [2.05, 4.69) is 20.8 Å². The smallest absolute Gasteiger partial charge is 0.123 e. The van der Waals surface area contributed by atoms with E-state index in [-0.39, 0.29) is 0 Å². The molecule has 2 atom stereocenters. The standard InChI is InChI=1S/C10H18OS/c1-10(2,3)12-9-5-4-8(6-9)7-11/h7-9H,4-6H2,1-3H3. The van der Waals surface area contributed by atoms with Crippen molar-refractivity contribution in [1.29, 1.82) is 0 Å². The second-order valence-corrected chi connectivity index (χ2v) is 6.69. The van der Waals surface area contributed by atoms with Gasteiger partial charge >= 0.3 is 0 Å². The van der Waals surface area contributed by atoms with E-state index in [1.807, 2.05) is 11.8 Å². The van der Waals surface area contributed by atoms with Crippen molar-refractivity contribution in [2.75, 3.05) is 0 Å². The van der Waals surface area contributed by atoms with Crippen LogP contribution in [-0.2, 0) is 4.79 Å². The number of carbonyl (C=O) groups excluding carboxylic acids is 1. The number of rotatable bonds is 2. The molecule has 0 radical (unpaired) electrons. The molecule has 0 amide bonds. The highest BCUT2D eigenvalue weighted by molar-refractivity contribution is 8.01. The van der Waals surface area contributed by atoms with Crippen molar-refractivity contribution in [3.8, 4) is 0 Å². The van der Waals surface area contributed by atoms with Gasteiger partial charge in [-0.2, -0.15) is 11.8 Å². The van der Waals surface area contributed by atoms with Gasteiger partial charge in [0.25, 0.3) is 0 Å². The molecule has 2 heteroatoms. The van der Waals surface area contributed by atoms with Gasteiger partial charge in [0.2, 0.25) is 0 Å². The van der Waals surface area contributed by atoms with Gasteiger partial charge in [0.1, 0.15) is 6.29 Å². The molecule has 0 N–H and O–H groups in total. The second kappa shape index (κ2) is 3.82. The molecule has 1 nitrogen and oxygen atoms in total. The fourth-order valence-corrected chi connectivity index (χ4v) is 3.30. The molecule has 1 rings (SSSR count). The van der Waals surface area contributed by atoms with Crippen molar-refractivity contribution in [2.45, 2.75) is 50.0 Å². The highest BCUT2D eigenvalue weighted by Crippen LogP contribution is 2.39. The van der Waals surface area contributed by atoms with Crippen molar-refractivity contribution in [1.82, 2.24) is 0 Å². The Bertz CT molecular complexity index is 160. The molecule has 0 aliphatic heterocycles. The predicted octanol–water partition coefficient (Wildman–Crippen LogP) is 2.89. The van der Waals surface area contributed by atoms with E-state index in [0.29, 0.717) is 10.7 Å². The van der Waals surface area contributed by atoms with Crippen molar-refractivity contribution in [3.63, 3.8) is 0 Å². The van der Waals surface area contributed by atoms with Crippen LogP contribution >= 0.6 is 11.8 Å². The zero-order valence-electron chi connectivity index (χ0n) is 8.17. The summed E-state index contributed by atoms with van der Waals surface area (Å²) < 4.78 is 0.350. The topological polar surface area (TPSA) is 17.1 Å². The Morgan fingerprint density at radius 1 is 1.33 bits per heavy atom. The Balaban J connectivity index is 2.33. The minimum atomic E-state index is 0.350. The second-order valence-electron chi connectivity index (χ2n) is 4.56. The molecule has 1 aliphatic rings. The number of hydrogen-bond donors (Lipinski definition) is 0. The normalized spacial score (nSPS) is 30.6. The van der Waals surface area contributed by atoms with E-state index in [1.54, 1.807) is 0 Å². The molecule has 1 saturated carbocycles. The molecule has 0 aromatic rings. The first-order valence-corrected chi connectivity index (χ1v) is 5.52. The van der Waals surface area contributed by atoms with Crippen molar-refractivity contribution < 1.29 is 4.79 Å². The minimum absolute atomic E-state index is 0.350. The maximum atomic E-state index is 10.5. The molecule has 0 aromatic heterocycles. The zero-order valence-corrected chi connectivity index (χ0v) is 8.99. The SMILES string of the molecule is CC(C)(C)SC1CCC(C=O)C1. The third-order valence-electron chi connectivity index (χ3n) is 2.14. The summed E-state index contributed by atoms with van der Waals surface area (Å²) in [6.07, 6.45) is 4.57. The van der Waals surface area contributed by atoms with Crippen LogP contribution in [0.25, 0.3) is 0 Å². The average Bonchev–Trinajstić information content (AvgIpc) is 2.32. The lowest BCUT2D eigenvalue weighted by atomic mass is 10.1. The van der Waals surface area contributed by atoms with E-state index < -0.39 is 0 Å². The lowest BCUT2D eigenvalue weighted by molar-refractivity contribution is -0.110. The van der Waals surface area contributed by atoms with Crippen molar-refractivity contribution >= 4 is 18.0 Å². The summed E-state index contributed by atoms with van der Waals surface area (Å²) in [5, 5.41) is 0.722. The van der Waals surface area contributed by atoms with Gasteiger partial charge in [0.05, 0.1) is 0 Å². The third kappa shape index (κ3) is 3.18. The zero-order chi connectivity index (χ0) is 9.19. The predicted molar refractivity (Wildman–Crippen MR) is 54.5 cm³/mol. The fraction of sp³-hybridized carbons (Fsp3) is 0.900. The minimum Gasteiger partial charge on any atom is -0.303 e. The summed E-state index contributed by atoms with van der Waals surface area (Å²) in [5.74, 6) is 0.352. The number of thioether (sulfide) groups is 1.